The van der Waals surface area contributed by atoms with Crippen molar-refractivity contribution in [1.29, 1.82) is 0 Å². The Morgan fingerprint density at radius 1 is 1.17 bits per heavy atom. The van der Waals surface area contributed by atoms with Crippen LogP contribution in [0.1, 0.15) is 54.4 Å². The van der Waals surface area contributed by atoms with Crippen LogP contribution in [0.25, 0.3) is 10.8 Å². The van der Waals surface area contributed by atoms with Crippen LogP contribution < -0.4 is 16.0 Å². The standard InChI is InChI=1S/C22H23N5O2/c1-13-11-20(28)25-22(23-13)27-19(12-18(26-27)15-9-10-15)24-21(29)17-8-4-6-14-5-2-3-7-16(14)17/h2-8,12-13,15,22-23H,9-11H2,1H3,(H,24,29)(H,25,28). The molecule has 2 unspecified atom stereocenters. The fourth-order valence-electron chi connectivity index (χ4n) is 3.88. The molecule has 0 bridgehead atoms. The Balaban J connectivity index is 1.48. The first-order chi connectivity index (χ1) is 14.1. The van der Waals surface area contributed by atoms with Crippen LogP contribution in [0.15, 0.2) is 48.5 Å². The SMILES string of the molecule is CC1CC(=O)NC(n2nc(C3CC3)cc2NC(=O)c2cccc3ccccc23)N1. The molecule has 2 aromatic carbocycles. The Labute approximate surface area is 168 Å². The number of aromatic nitrogens is 2. The smallest absolute Gasteiger partial charge is 0.257 e. The molecule has 2 heterocycles. The van der Waals surface area contributed by atoms with Crippen LogP contribution in [0.2, 0.25) is 0 Å². The maximum Gasteiger partial charge on any atom is 0.257 e. The number of fused-ring (bicyclic) bond motifs is 1. The molecule has 7 nitrogen and oxygen atoms in total. The van der Waals surface area contributed by atoms with Crippen LogP contribution in [0.5, 0.6) is 0 Å². The lowest BCUT2D eigenvalue weighted by Gasteiger charge is -2.30. The highest BCUT2D eigenvalue weighted by molar-refractivity contribution is 6.12. The van der Waals surface area contributed by atoms with Gasteiger partial charge in [0, 0.05) is 30.0 Å². The van der Waals surface area contributed by atoms with E-state index < -0.39 is 6.29 Å². The molecule has 5 rings (SSSR count). The van der Waals surface area contributed by atoms with Gasteiger partial charge in [-0.05, 0) is 36.6 Å². The first-order valence-electron chi connectivity index (χ1n) is 10.0. The summed E-state index contributed by atoms with van der Waals surface area (Å²) < 4.78 is 1.68. The molecule has 3 aromatic rings. The number of carbonyl (C=O) groups excluding carboxylic acids is 2. The van der Waals surface area contributed by atoms with E-state index >= 15 is 0 Å². The molecular formula is C22H23N5O2. The fourth-order valence-corrected chi connectivity index (χ4v) is 3.88. The molecule has 29 heavy (non-hydrogen) atoms. The number of anilines is 1. The summed E-state index contributed by atoms with van der Waals surface area (Å²) in [6.07, 6.45) is 2.15. The highest BCUT2D eigenvalue weighted by Gasteiger charge is 2.31. The molecule has 2 fully saturated rings. The molecule has 1 aliphatic carbocycles. The van der Waals surface area contributed by atoms with E-state index in [1.54, 1.807) is 4.68 Å². The highest BCUT2D eigenvalue weighted by atomic mass is 16.2. The van der Waals surface area contributed by atoms with E-state index in [1.807, 2.05) is 55.5 Å². The summed E-state index contributed by atoms with van der Waals surface area (Å²) in [6.45, 7) is 1.96. The van der Waals surface area contributed by atoms with Crippen molar-refractivity contribution < 1.29 is 9.59 Å². The van der Waals surface area contributed by atoms with Crippen LogP contribution in [0.3, 0.4) is 0 Å². The highest BCUT2D eigenvalue weighted by Crippen LogP contribution is 2.40. The van der Waals surface area contributed by atoms with E-state index in [9.17, 15) is 9.59 Å². The molecule has 2 atom stereocenters. The fraction of sp³-hybridized carbons (Fsp3) is 0.318. The molecule has 3 N–H and O–H groups in total. The summed E-state index contributed by atoms with van der Waals surface area (Å²) in [5.41, 5.74) is 1.56. The summed E-state index contributed by atoms with van der Waals surface area (Å²) in [7, 11) is 0. The number of nitrogens with zero attached hydrogens (tertiary/aromatic N) is 2. The zero-order valence-corrected chi connectivity index (χ0v) is 16.2. The van der Waals surface area contributed by atoms with Crippen LogP contribution in [-0.4, -0.2) is 27.6 Å². The lowest BCUT2D eigenvalue weighted by atomic mass is 10.0. The Morgan fingerprint density at radius 3 is 2.76 bits per heavy atom. The van der Waals surface area contributed by atoms with Crippen molar-refractivity contribution in [2.45, 2.75) is 44.4 Å². The molecule has 1 saturated carbocycles. The minimum atomic E-state index is -0.485. The topological polar surface area (TPSA) is 88.1 Å². The van der Waals surface area contributed by atoms with Gasteiger partial charge in [0.05, 0.1) is 5.69 Å². The third-order valence-electron chi connectivity index (χ3n) is 5.50. The quantitative estimate of drug-likeness (QED) is 0.640. The summed E-state index contributed by atoms with van der Waals surface area (Å²) >= 11 is 0. The third kappa shape index (κ3) is 3.49. The first kappa shape index (κ1) is 17.9. The second-order valence-electron chi connectivity index (χ2n) is 7.90. The molecular weight excluding hydrogens is 366 g/mol. The lowest BCUT2D eigenvalue weighted by molar-refractivity contribution is -0.125. The van der Waals surface area contributed by atoms with E-state index in [0.717, 1.165) is 29.3 Å². The normalized spacial score (nSPS) is 21.8. The van der Waals surface area contributed by atoms with Crippen molar-refractivity contribution in [1.82, 2.24) is 20.4 Å². The van der Waals surface area contributed by atoms with E-state index in [0.29, 0.717) is 23.7 Å². The molecule has 2 aliphatic rings. The molecule has 0 spiro atoms. The number of hydrogen-bond donors (Lipinski definition) is 3. The van der Waals surface area contributed by atoms with E-state index in [2.05, 4.69) is 16.0 Å². The largest absolute Gasteiger partial charge is 0.322 e. The van der Waals surface area contributed by atoms with Crippen molar-refractivity contribution in [3.8, 4) is 0 Å². The van der Waals surface area contributed by atoms with Crippen molar-refractivity contribution in [2.75, 3.05) is 5.32 Å². The number of rotatable bonds is 4. The van der Waals surface area contributed by atoms with Crippen molar-refractivity contribution >= 4 is 28.4 Å². The molecule has 7 heteroatoms. The van der Waals surface area contributed by atoms with Crippen LogP contribution >= 0.6 is 0 Å². The summed E-state index contributed by atoms with van der Waals surface area (Å²) in [5.74, 6) is 0.787. The zero-order chi connectivity index (χ0) is 20.0. The second kappa shape index (κ2) is 7.00. The summed E-state index contributed by atoms with van der Waals surface area (Å²) in [4.78, 5) is 25.2. The Bertz CT molecular complexity index is 1100. The van der Waals surface area contributed by atoms with Crippen molar-refractivity contribution in [3.63, 3.8) is 0 Å². The maximum absolute atomic E-state index is 13.1. The van der Waals surface area contributed by atoms with Gasteiger partial charge in [-0.3, -0.25) is 14.9 Å². The van der Waals surface area contributed by atoms with Gasteiger partial charge in [-0.2, -0.15) is 5.10 Å². The molecule has 148 valence electrons. The molecule has 2 amide bonds. The van der Waals surface area contributed by atoms with Gasteiger partial charge in [-0.25, -0.2) is 4.68 Å². The van der Waals surface area contributed by atoms with Gasteiger partial charge in [0.25, 0.3) is 5.91 Å². The van der Waals surface area contributed by atoms with E-state index in [4.69, 9.17) is 5.10 Å². The van der Waals surface area contributed by atoms with Gasteiger partial charge in [0.1, 0.15) is 5.82 Å². The van der Waals surface area contributed by atoms with Gasteiger partial charge in [0.15, 0.2) is 6.29 Å². The van der Waals surface area contributed by atoms with Crippen LogP contribution in [-0.2, 0) is 4.79 Å². The Hall–Kier alpha value is -3.19. The molecule has 1 saturated heterocycles. The van der Waals surface area contributed by atoms with Gasteiger partial charge in [0.2, 0.25) is 5.91 Å². The summed E-state index contributed by atoms with van der Waals surface area (Å²) in [5, 5.41) is 15.9. The minimum Gasteiger partial charge on any atom is -0.322 e. The summed E-state index contributed by atoms with van der Waals surface area (Å²) in [6, 6.07) is 15.5. The monoisotopic (exact) mass is 389 g/mol. The van der Waals surface area contributed by atoms with Crippen LogP contribution in [0.4, 0.5) is 5.82 Å². The Morgan fingerprint density at radius 2 is 1.97 bits per heavy atom. The average Bonchev–Trinajstić information content (AvgIpc) is 3.47. The predicted octanol–water partition coefficient (Wildman–Crippen LogP) is 3.12. The van der Waals surface area contributed by atoms with Crippen molar-refractivity contribution in [3.05, 3.63) is 59.8 Å². The average molecular weight is 389 g/mol. The minimum absolute atomic E-state index is 0.0314. The molecule has 0 radical (unpaired) electrons. The molecule has 1 aromatic heterocycles. The number of carbonyl (C=O) groups is 2. The Kier molecular flexibility index (Phi) is 4.32. The van der Waals surface area contributed by atoms with E-state index in [1.165, 1.54) is 0 Å². The number of benzene rings is 2. The number of hydrogen-bond acceptors (Lipinski definition) is 4. The van der Waals surface area contributed by atoms with Gasteiger partial charge >= 0.3 is 0 Å². The van der Waals surface area contributed by atoms with Gasteiger partial charge in [-0.15, -0.1) is 0 Å². The lowest BCUT2D eigenvalue weighted by Crippen LogP contribution is -2.52. The van der Waals surface area contributed by atoms with Gasteiger partial charge < -0.3 is 10.6 Å². The number of nitrogens with one attached hydrogen (secondary N) is 3. The molecule has 1 aliphatic heterocycles. The second-order valence-corrected chi connectivity index (χ2v) is 7.90. The van der Waals surface area contributed by atoms with E-state index in [-0.39, 0.29) is 17.9 Å². The number of amides is 2. The predicted molar refractivity (Wildman–Crippen MR) is 110 cm³/mol. The van der Waals surface area contributed by atoms with Crippen LogP contribution in [0, 0.1) is 0 Å². The van der Waals surface area contributed by atoms with Gasteiger partial charge in [-0.1, -0.05) is 36.4 Å². The first-order valence-corrected chi connectivity index (χ1v) is 10.0. The maximum atomic E-state index is 13.1. The zero-order valence-electron chi connectivity index (χ0n) is 16.2. The third-order valence-corrected chi connectivity index (χ3v) is 5.50. The van der Waals surface area contributed by atoms with Crippen molar-refractivity contribution in [2.24, 2.45) is 0 Å².